The quantitative estimate of drug-likeness (QED) is 0.101. The molecule has 44 heavy (non-hydrogen) atoms. The van der Waals surface area contributed by atoms with Gasteiger partial charge in [-0.1, -0.05) is 158 Å². The molecule has 4 nitrogen and oxygen atoms in total. The van der Waals surface area contributed by atoms with Gasteiger partial charge in [-0.2, -0.15) is 0 Å². The first-order valence-corrected chi connectivity index (χ1v) is 17.7. The highest BCUT2D eigenvalue weighted by molar-refractivity contribution is 6.30. The summed E-state index contributed by atoms with van der Waals surface area (Å²) in [6, 6.07) is 12.8. The van der Waals surface area contributed by atoms with Gasteiger partial charge in [-0.15, -0.1) is 0 Å². The zero-order valence-electron chi connectivity index (χ0n) is 27.7. The van der Waals surface area contributed by atoms with Crippen molar-refractivity contribution in [2.45, 2.75) is 129 Å². The third-order valence-electron chi connectivity index (χ3n) is 9.71. The summed E-state index contributed by atoms with van der Waals surface area (Å²) in [4.78, 5) is 27.2. The van der Waals surface area contributed by atoms with Crippen LogP contribution in [0.15, 0.2) is 66.3 Å². The second kappa shape index (κ2) is 17.5. The molecule has 0 bridgehead atoms. The second-order valence-electron chi connectivity index (χ2n) is 13.0. The molecule has 2 aromatic carbocycles. The Morgan fingerprint density at radius 1 is 0.659 bits per heavy atom. The number of hydrogen-bond acceptors (Lipinski definition) is 4. The molecule has 0 aromatic heterocycles. The number of nitrogens with one attached hydrogen (secondary N) is 2. The van der Waals surface area contributed by atoms with E-state index in [-0.39, 0.29) is 17.5 Å². The number of carbonyl (C=O) groups is 2. The standard InChI is InChI=1S/C40H56N2O2/c1-4-6-8-10-12-13-14-16-18-23-32-30-31(22-17-15-11-9-7-5-2)28-29-40(32,41-3)42-36-27-21-26-35-37(36)39(44)34-25-20-19-24-33(34)38(35)43/h19-21,24-30,32,41-42H,4-18,22-23H2,1-3H3. The normalized spacial score (nSPS) is 19.1. The number of benzene rings is 2. The number of rotatable bonds is 20. The van der Waals surface area contributed by atoms with Gasteiger partial charge in [0, 0.05) is 28.3 Å². The summed E-state index contributed by atoms with van der Waals surface area (Å²) in [5.41, 5.74) is 3.56. The molecule has 2 aliphatic carbocycles. The fourth-order valence-corrected chi connectivity index (χ4v) is 7.01. The maximum atomic E-state index is 13.8. The van der Waals surface area contributed by atoms with Gasteiger partial charge in [0.15, 0.2) is 11.6 Å². The van der Waals surface area contributed by atoms with Crippen molar-refractivity contribution in [1.82, 2.24) is 5.32 Å². The van der Waals surface area contributed by atoms with Gasteiger partial charge >= 0.3 is 0 Å². The lowest BCUT2D eigenvalue weighted by Crippen LogP contribution is -2.55. The molecule has 0 radical (unpaired) electrons. The van der Waals surface area contributed by atoms with Crippen LogP contribution in [0.5, 0.6) is 0 Å². The Kier molecular flexibility index (Phi) is 13.5. The highest BCUT2D eigenvalue weighted by Gasteiger charge is 2.38. The lowest BCUT2D eigenvalue weighted by atomic mass is 9.79. The number of carbonyl (C=O) groups excluding carboxylic acids is 2. The molecule has 0 heterocycles. The molecule has 0 amide bonds. The molecule has 0 fully saturated rings. The zero-order chi connectivity index (χ0) is 31.2. The highest BCUT2D eigenvalue weighted by atomic mass is 16.1. The first-order chi connectivity index (χ1) is 21.5. The van der Waals surface area contributed by atoms with Crippen molar-refractivity contribution in [2.75, 3.05) is 12.4 Å². The molecule has 0 saturated carbocycles. The van der Waals surface area contributed by atoms with Crippen molar-refractivity contribution >= 4 is 17.3 Å². The summed E-state index contributed by atoms with van der Waals surface area (Å²) in [5, 5.41) is 7.40. The Hall–Kier alpha value is -2.98. The van der Waals surface area contributed by atoms with E-state index in [2.05, 4.69) is 42.7 Å². The predicted molar refractivity (Wildman–Crippen MR) is 186 cm³/mol. The number of ketones is 2. The topological polar surface area (TPSA) is 58.2 Å². The molecule has 2 unspecified atom stereocenters. The molecule has 238 valence electrons. The predicted octanol–water partition coefficient (Wildman–Crippen LogP) is 10.6. The number of anilines is 1. The zero-order valence-corrected chi connectivity index (χ0v) is 27.7. The summed E-state index contributed by atoms with van der Waals surface area (Å²) < 4.78 is 0. The summed E-state index contributed by atoms with van der Waals surface area (Å²) in [6.07, 6.45) is 28.8. The van der Waals surface area contributed by atoms with Crippen LogP contribution >= 0.6 is 0 Å². The molecule has 0 aliphatic heterocycles. The van der Waals surface area contributed by atoms with E-state index in [0.29, 0.717) is 22.3 Å². The molecule has 2 aliphatic rings. The summed E-state index contributed by atoms with van der Waals surface area (Å²) >= 11 is 0. The van der Waals surface area contributed by atoms with Crippen LogP contribution in [0.3, 0.4) is 0 Å². The monoisotopic (exact) mass is 596 g/mol. The molecular weight excluding hydrogens is 540 g/mol. The van der Waals surface area contributed by atoms with Gasteiger partial charge in [0.25, 0.3) is 0 Å². The van der Waals surface area contributed by atoms with Gasteiger partial charge in [-0.3, -0.25) is 14.9 Å². The second-order valence-corrected chi connectivity index (χ2v) is 13.0. The van der Waals surface area contributed by atoms with Crippen LogP contribution in [-0.4, -0.2) is 24.3 Å². The molecule has 2 atom stereocenters. The summed E-state index contributed by atoms with van der Waals surface area (Å²) in [6.45, 7) is 4.54. The van der Waals surface area contributed by atoms with Crippen LogP contribution in [0.1, 0.15) is 155 Å². The lowest BCUT2D eigenvalue weighted by Gasteiger charge is -2.42. The van der Waals surface area contributed by atoms with E-state index in [4.69, 9.17) is 0 Å². The van der Waals surface area contributed by atoms with Crippen molar-refractivity contribution in [1.29, 1.82) is 0 Å². The maximum Gasteiger partial charge on any atom is 0.196 e. The Labute approximate surface area is 267 Å². The van der Waals surface area contributed by atoms with Crippen LogP contribution in [0, 0.1) is 5.92 Å². The smallest absolute Gasteiger partial charge is 0.196 e. The average molecular weight is 597 g/mol. The van der Waals surface area contributed by atoms with Crippen molar-refractivity contribution in [3.05, 3.63) is 88.5 Å². The van der Waals surface area contributed by atoms with Crippen molar-refractivity contribution in [2.24, 2.45) is 5.92 Å². The van der Waals surface area contributed by atoms with E-state index in [9.17, 15) is 9.59 Å². The maximum absolute atomic E-state index is 13.8. The minimum Gasteiger partial charge on any atom is -0.363 e. The van der Waals surface area contributed by atoms with Crippen LogP contribution in [0.2, 0.25) is 0 Å². The fourth-order valence-electron chi connectivity index (χ4n) is 7.01. The van der Waals surface area contributed by atoms with Gasteiger partial charge in [-0.25, -0.2) is 0 Å². The van der Waals surface area contributed by atoms with Crippen LogP contribution < -0.4 is 10.6 Å². The van der Waals surface area contributed by atoms with Crippen LogP contribution in [0.25, 0.3) is 0 Å². The van der Waals surface area contributed by atoms with E-state index in [1.54, 1.807) is 18.2 Å². The van der Waals surface area contributed by atoms with Crippen molar-refractivity contribution < 1.29 is 9.59 Å². The third kappa shape index (κ3) is 8.59. The number of unbranched alkanes of at least 4 members (excludes halogenated alkanes) is 13. The van der Waals surface area contributed by atoms with E-state index >= 15 is 0 Å². The molecule has 2 aromatic rings. The number of fused-ring (bicyclic) bond motifs is 2. The first-order valence-electron chi connectivity index (χ1n) is 17.7. The van der Waals surface area contributed by atoms with Gasteiger partial charge in [0.05, 0.1) is 5.56 Å². The van der Waals surface area contributed by atoms with Crippen molar-refractivity contribution in [3.63, 3.8) is 0 Å². The van der Waals surface area contributed by atoms with Gasteiger partial charge in [0.2, 0.25) is 0 Å². The highest BCUT2D eigenvalue weighted by Crippen LogP contribution is 2.38. The Balaban J connectivity index is 1.49. The first kappa shape index (κ1) is 33.9. The summed E-state index contributed by atoms with van der Waals surface area (Å²) in [5.74, 6) is 0.0673. The summed E-state index contributed by atoms with van der Waals surface area (Å²) in [7, 11) is 2.00. The van der Waals surface area contributed by atoms with Gasteiger partial charge in [0.1, 0.15) is 5.66 Å². The van der Waals surface area contributed by atoms with Gasteiger partial charge in [-0.05, 0) is 38.5 Å². The number of hydrogen-bond donors (Lipinski definition) is 2. The number of allylic oxidation sites excluding steroid dienone is 2. The SMILES string of the molecule is CCCCCCCCCCCC1C=C(CCCCCCCC)C=CC1(NC)Nc1cccc2c1C(=O)c1ccccc1C2=O. The minimum absolute atomic E-state index is 0.0797. The Morgan fingerprint density at radius 3 is 1.86 bits per heavy atom. The fraction of sp³-hybridized carbons (Fsp3) is 0.550. The molecule has 4 rings (SSSR count). The van der Waals surface area contributed by atoms with E-state index in [1.165, 1.54) is 102 Å². The molecule has 0 saturated heterocycles. The number of likely N-dealkylation sites (N-methyl/N-ethyl adjacent to an activating group) is 1. The lowest BCUT2D eigenvalue weighted by molar-refractivity contribution is 0.0979. The Bertz CT molecular complexity index is 1290. The van der Waals surface area contributed by atoms with Crippen LogP contribution in [0.4, 0.5) is 5.69 Å². The molecule has 2 N–H and O–H groups in total. The van der Waals surface area contributed by atoms with E-state index in [1.807, 2.05) is 31.3 Å². The Morgan fingerprint density at radius 2 is 1.23 bits per heavy atom. The molecule has 4 heteroatoms. The minimum atomic E-state index is -0.541. The average Bonchev–Trinajstić information content (AvgIpc) is 3.05. The third-order valence-corrected chi connectivity index (χ3v) is 9.71. The van der Waals surface area contributed by atoms with Crippen LogP contribution in [-0.2, 0) is 0 Å². The molecular formula is C40H56N2O2. The van der Waals surface area contributed by atoms with Gasteiger partial charge < -0.3 is 5.32 Å². The van der Waals surface area contributed by atoms with E-state index < -0.39 is 5.66 Å². The van der Waals surface area contributed by atoms with E-state index in [0.717, 1.165) is 18.5 Å². The van der Waals surface area contributed by atoms with Crippen molar-refractivity contribution in [3.8, 4) is 0 Å². The molecule has 0 spiro atoms. The largest absolute Gasteiger partial charge is 0.363 e.